The second-order valence-corrected chi connectivity index (χ2v) is 7.03. The number of rotatable bonds is 2. The number of nitrogens with one attached hydrogen (secondary N) is 1. The number of nitrogen functional groups attached to an aromatic ring is 1. The quantitative estimate of drug-likeness (QED) is 0.636. The van der Waals surface area contributed by atoms with Crippen molar-refractivity contribution in [2.75, 3.05) is 18.0 Å². The Balaban J connectivity index is 1.69. The lowest BCUT2D eigenvalue weighted by Crippen LogP contribution is -2.41. The van der Waals surface area contributed by atoms with Crippen molar-refractivity contribution < 1.29 is 0 Å². The molecule has 1 heterocycles. The van der Waals surface area contributed by atoms with Crippen LogP contribution in [0.15, 0.2) is 18.2 Å². The average Bonchev–Trinajstić information content (AvgIpc) is 2.48. The zero-order chi connectivity index (χ0) is 14.9. The molecular weight excluding hydrogens is 282 g/mol. The van der Waals surface area contributed by atoms with Crippen LogP contribution in [-0.4, -0.2) is 18.9 Å². The molecule has 3 N–H and O–H groups in total. The topological polar surface area (TPSA) is 53.1 Å². The zero-order valence-electron chi connectivity index (χ0n) is 12.5. The van der Waals surface area contributed by atoms with Gasteiger partial charge in [-0.1, -0.05) is 30.9 Å². The molecule has 2 fully saturated rings. The Morgan fingerprint density at radius 2 is 1.76 bits per heavy atom. The van der Waals surface area contributed by atoms with Crippen LogP contribution in [-0.2, 0) is 0 Å². The third kappa shape index (κ3) is 3.03. The number of nitrogens with two attached hydrogens (primary N) is 1. The van der Waals surface area contributed by atoms with Gasteiger partial charge in [-0.3, -0.25) is 5.41 Å². The van der Waals surface area contributed by atoms with E-state index >= 15 is 0 Å². The molecule has 3 nitrogen and oxygen atoms in total. The predicted octanol–water partition coefficient (Wildman–Crippen LogP) is 4.17. The summed E-state index contributed by atoms with van der Waals surface area (Å²) in [4.78, 5) is 2.43. The fourth-order valence-corrected chi connectivity index (χ4v) is 4.24. The van der Waals surface area contributed by atoms with Crippen molar-refractivity contribution in [3.8, 4) is 0 Å². The molecule has 1 aliphatic heterocycles. The smallest absolute Gasteiger partial charge is 0.124 e. The van der Waals surface area contributed by atoms with Gasteiger partial charge >= 0.3 is 0 Å². The van der Waals surface area contributed by atoms with Crippen LogP contribution < -0.4 is 10.6 Å². The molecule has 2 aliphatic rings. The average molecular weight is 306 g/mol. The third-order valence-electron chi connectivity index (χ3n) is 5.35. The highest BCUT2D eigenvalue weighted by molar-refractivity contribution is 6.34. The number of halogens is 1. The van der Waals surface area contributed by atoms with Gasteiger partial charge in [0.2, 0.25) is 0 Å². The van der Waals surface area contributed by atoms with E-state index in [1.165, 1.54) is 44.9 Å². The first-order valence-electron chi connectivity index (χ1n) is 7.99. The van der Waals surface area contributed by atoms with Crippen molar-refractivity contribution in [2.24, 2.45) is 11.1 Å². The number of hydrogen-bond acceptors (Lipinski definition) is 2. The zero-order valence-corrected chi connectivity index (χ0v) is 13.3. The number of nitrogens with zero attached hydrogens (tertiary/aromatic N) is 1. The number of piperidine rings is 1. The maximum absolute atomic E-state index is 7.50. The molecule has 1 saturated heterocycles. The molecule has 21 heavy (non-hydrogen) atoms. The van der Waals surface area contributed by atoms with Crippen LogP contribution >= 0.6 is 11.6 Å². The summed E-state index contributed by atoms with van der Waals surface area (Å²) in [7, 11) is 0. The van der Waals surface area contributed by atoms with Gasteiger partial charge in [0.15, 0.2) is 0 Å². The molecule has 1 saturated carbocycles. The number of hydrogen-bond donors (Lipinski definition) is 2. The van der Waals surface area contributed by atoms with Crippen molar-refractivity contribution in [2.45, 2.75) is 44.9 Å². The Morgan fingerprint density at radius 3 is 2.33 bits per heavy atom. The van der Waals surface area contributed by atoms with Gasteiger partial charge in [-0.2, -0.15) is 0 Å². The Kier molecular flexibility index (Phi) is 4.12. The van der Waals surface area contributed by atoms with Gasteiger partial charge in [-0.25, -0.2) is 0 Å². The van der Waals surface area contributed by atoms with Gasteiger partial charge in [0, 0.05) is 24.3 Å². The fraction of sp³-hybridized carbons (Fsp3) is 0.588. The highest BCUT2D eigenvalue weighted by Gasteiger charge is 2.35. The highest BCUT2D eigenvalue weighted by Crippen LogP contribution is 2.45. The summed E-state index contributed by atoms with van der Waals surface area (Å²) in [6.45, 7) is 2.24. The van der Waals surface area contributed by atoms with Crippen LogP contribution in [0.5, 0.6) is 0 Å². The number of benzene rings is 1. The number of anilines is 1. The summed E-state index contributed by atoms with van der Waals surface area (Å²) >= 11 is 6.24. The van der Waals surface area contributed by atoms with E-state index < -0.39 is 0 Å². The molecule has 0 aromatic heterocycles. The molecule has 4 heteroatoms. The predicted molar refractivity (Wildman–Crippen MR) is 89.4 cm³/mol. The van der Waals surface area contributed by atoms with Crippen molar-refractivity contribution >= 4 is 23.1 Å². The molecule has 1 aromatic carbocycles. The summed E-state index contributed by atoms with van der Waals surface area (Å²) in [6.07, 6.45) is 9.71. The Labute approximate surface area is 132 Å². The van der Waals surface area contributed by atoms with Crippen molar-refractivity contribution in [1.82, 2.24) is 0 Å². The van der Waals surface area contributed by atoms with Crippen LogP contribution in [0.3, 0.4) is 0 Å². The lowest BCUT2D eigenvalue weighted by atomic mass is 9.68. The van der Waals surface area contributed by atoms with E-state index in [1.807, 2.05) is 18.2 Å². The number of amidine groups is 1. The van der Waals surface area contributed by atoms with E-state index in [1.54, 1.807) is 0 Å². The van der Waals surface area contributed by atoms with E-state index in [4.69, 9.17) is 22.7 Å². The molecule has 0 radical (unpaired) electrons. The molecule has 1 aromatic rings. The lowest BCUT2D eigenvalue weighted by molar-refractivity contribution is 0.144. The summed E-state index contributed by atoms with van der Waals surface area (Å²) in [5.74, 6) is 0.0337. The van der Waals surface area contributed by atoms with Crippen LogP contribution in [0.1, 0.15) is 50.5 Å². The third-order valence-corrected chi connectivity index (χ3v) is 5.66. The largest absolute Gasteiger partial charge is 0.384 e. The molecule has 0 amide bonds. The lowest BCUT2D eigenvalue weighted by Gasteiger charge is -2.45. The summed E-state index contributed by atoms with van der Waals surface area (Å²) in [5.41, 5.74) is 7.93. The maximum Gasteiger partial charge on any atom is 0.124 e. The summed E-state index contributed by atoms with van der Waals surface area (Å²) < 4.78 is 0. The van der Waals surface area contributed by atoms with E-state index in [0.29, 0.717) is 16.0 Å². The maximum atomic E-state index is 7.50. The van der Waals surface area contributed by atoms with E-state index in [2.05, 4.69) is 4.90 Å². The minimum atomic E-state index is 0.0337. The monoisotopic (exact) mass is 305 g/mol. The Bertz CT molecular complexity index is 525. The minimum Gasteiger partial charge on any atom is -0.384 e. The van der Waals surface area contributed by atoms with E-state index in [-0.39, 0.29) is 5.84 Å². The molecule has 3 rings (SSSR count). The highest BCUT2D eigenvalue weighted by atomic mass is 35.5. The van der Waals surface area contributed by atoms with Crippen molar-refractivity contribution in [1.29, 1.82) is 5.41 Å². The van der Waals surface area contributed by atoms with Crippen LogP contribution in [0, 0.1) is 10.8 Å². The molecule has 0 unspecified atom stereocenters. The van der Waals surface area contributed by atoms with E-state index in [0.717, 1.165) is 18.8 Å². The molecule has 1 spiro atoms. The standard InChI is InChI=1S/C17H24ClN3/c18-15-12-13(4-5-14(15)16(19)20)21-10-8-17(9-11-21)6-2-1-3-7-17/h4-5,12H,1-3,6-11H2,(H3,19,20). The van der Waals surface area contributed by atoms with Gasteiger partial charge in [-0.05, 0) is 49.3 Å². The normalized spacial score (nSPS) is 21.5. The van der Waals surface area contributed by atoms with Gasteiger partial charge in [0.05, 0.1) is 5.02 Å². The van der Waals surface area contributed by atoms with Gasteiger partial charge in [-0.15, -0.1) is 0 Å². The first kappa shape index (κ1) is 14.7. The van der Waals surface area contributed by atoms with E-state index in [9.17, 15) is 0 Å². The first-order valence-corrected chi connectivity index (χ1v) is 8.36. The molecule has 0 bridgehead atoms. The van der Waals surface area contributed by atoms with Gasteiger partial charge in [0.25, 0.3) is 0 Å². The molecule has 1 aliphatic carbocycles. The summed E-state index contributed by atoms with van der Waals surface area (Å²) in [5, 5.41) is 8.08. The Hall–Kier alpha value is -1.22. The second kappa shape index (κ2) is 5.88. The van der Waals surface area contributed by atoms with Crippen molar-refractivity contribution in [3.05, 3.63) is 28.8 Å². The summed E-state index contributed by atoms with van der Waals surface area (Å²) in [6, 6.07) is 5.86. The molecular formula is C17H24ClN3. The minimum absolute atomic E-state index is 0.0337. The van der Waals surface area contributed by atoms with Gasteiger partial charge in [0.1, 0.15) is 5.84 Å². The Morgan fingerprint density at radius 1 is 1.10 bits per heavy atom. The SMILES string of the molecule is N=C(N)c1ccc(N2CCC3(CCCCC3)CC2)cc1Cl. The molecule has 114 valence electrons. The fourth-order valence-electron chi connectivity index (χ4n) is 3.96. The van der Waals surface area contributed by atoms with Gasteiger partial charge < -0.3 is 10.6 Å². The van der Waals surface area contributed by atoms with Crippen molar-refractivity contribution in [3.63, 3.8) is 0 Å². The second-order valence-electron chi connectivity index (χ2n) is 6.63. The first-order chi connectivity index (χ1) is 10.1. The molecule has 0 atom stereocenters. The van der Waals surface area contributed by atoms with Crippen LogP contribution in [0.2, 0.25) is 5.02 Å². The van der Waals surface area contributed by atoms with Crippen LogP contribution in [0.4, 0.5) is 5.69 Å². The van der Waals surface area contributed by atoms with Crippen LogP contribution in [0.25, 0.3) is 0 Å².